The lowest BCUT2D eigenvalue weighted by molar-refractivity contribution is -0.0401. The number of tetrazole rings is 1. The maximum atomic E-state index is 6.07. The van der Waals surface area contributed by atoms with Gasteiger partial charge in [-0.15, -0.1) is 5.10 Å². The Morgan fingerprint density at radius 3 is 2.82 bits per heavy atom. The molecule has 0 N–H and O–H groups in total. The Bertz CT molecular complexity index is 888. The molecule has 0 aliphatic carbocycles. The Balaban J connectivity index is 1.22. The van der Waals surface area contributed by atoms with E-state index in [-0.39, 0.29) is 24.4 Å². The van der Waals surface area contributed by atoms with Gasteiger partial charge in [-0.05, 0) is 28.1 Å². The predicted molar refractivity (Wildman–Crippen MR) is 99.6 cm³/mol. The van der Waals surface area contributed by atoms with Crippen molar-refractivity contribution >= 4 is 11.8 Å². The summed E-state index contributed by atoms with van der Waals surface area (Å²) in [5.41, 5.74) is 1.14. The van der Waals surface area contributed by atoms with Crippen LogP contribution in [0, 0.1) is 0 Å². The lowest BCUT2D eigenvalue weighted by atomic mass is 10.1. The van der Waals surface area contributed by atoms with E-state index in [1.165, 1.54) is 11.8 Å². The first-order valence-corrected chi connectivity index (χ1v) is 10.2. The summed E-state index contributed by atoms with van der Waals surface area (Å²) in [6, 6.07) is 13.9. The van der Waals surface area contributed by atoms with Crippen molar-refractivity contribution in [3.8, 4) is 0 Å². The third kappa shape index (κ3) is 3.58. The quantitative estimate of drug-likeness (QED) is 0.559. The monoisotopic (exact) mass is 400 g/mol. The SMILES string of the molecule is c1ccc(CO[C@@H]2CO[C@H]3[C@@H]2OC[C@@H]3n2nnnc2SCc2ccco2)cc1. The number of nitrogens with zero attached hydrogens (tertiary/aromatic N) is 4. The second kappa shape index (κ2) is 8.04. The van der Waals surface area contributed by atoms with Gasteiger partial charge in [0.2, 0.25) is 5.16 Å². The summed E-state index contributed by atoms with van der Waals surface area (Å²) < 4.78 is 25.3. The largest absolute Gasteiger partial charge is 0.468 e. The van der Waals surface area contributed by atoms with Gasteiger partial charge in [0, 0.05) is 0 Å². The van der Waals surface area contributed by atoms with Crippen LogP contribution in [0.15, 0.2) is 58.3 Å². The summed E-state index contributed by atoms with van der Waals surface area (Å²) in [6.45, 7) is 1.55. The molecule has 2 aliphatic heterocycles. The highest BCUT2D eigenvalue weighted by Gasteiger charge is 2.50. The van der Waals surface area contributed by atoms with Crippen LogP contribution in [0.3, 0.4) is 0 Å². The van der Waals surface area contributed by atoms with Gasteiger partial charge >= 0.3 is 0 Å². The first-order chi connectivity index (χ1) is 13.9. The lowest BCUT2D eigenvalue weighted by Crippen LogP contribution is -2.32. The lowest BCUT2D eigenvalue weighted by Gasteiger charge is -2.17. The van der Waals surface area contributed by atoms with Crippen molar-refractivity contribution in [2.24, 2.45) is 0 Å². The summed E-state index contributed by atoms with van der Waals surface area (Å²) in [6.07, 6.45) is 1.34. The molecule has 146 valence electrons. The van der Waals surface area contributed by atoms with Crippen molar-refractivity contribution in [2.45, 2.75) is 41.9 Å². The van der Waals surface area contributed by atoms with Gasteiger partial charge in [0.1, 0.15) is 30.1 Å². The molecule has 0 amide bonds. The molecule has 3 aromatic rings. The molecule has 2 fully saturated rings. The number of aromatic nitrogens is 4. The van der Waals surface area contributed by atoms with Crippen molar-refractivity contribution < 1.29 is 18.6 Å². The van der Waals surface area contributed by atoms with Crippen molar-refractivity contribution in [3.63, 3.8) is 0 Å². The average molecular weight is 400 g/mol. The van der Waals surface area contributed by atoms with E-state index in [2.05, 4.69) is 27.7 Å². The molecular formula is C19H20N4O4S. The van der Waals surface area contributed by atoms with Crippen LogP contribution in [0.1, 0.15) is 17.4 Å². The molecule has 0 bridgehead atoms. The maximum Gasteiger partial charge on any atom is 0.210 e. The van der Waals surface area contributed by atoms with Crippen molar-refractivity contribution in [2.75, 3.05) is 13.2 Å². The van der Waals surface area contributed by atoms with E-state index in [1.807, 2.05) is 30.3 Å². The zero-order valence-corrected chi connectivity index (χ0v) is 15.9. The topological polar surface area (TPSA) is 84.4 Å². The van der Waals surface area contributed by atoms with Crippen LogP contribution in [0.5, 0.6) is 0 Å². The molecule has 2 saturated heterocycles. The number of furan rings is 1. The van der Waals surface area contributed by atoms with Crippen LogP contribution >= 0.6 is 11.8 Å². The van der Waals surface area contributed by atoms with Crippen LogP contribution in [-0.2, 0) is 26.6 Å². The summed E-state index contributed by atoms with van der Waals surface area (Å²) in [5, 5.41) is 12.9. The third-order valence-corrected chi connectivity index (χ3v) is 5.94. The first-order valence-electron chi connectivity index (χ1n) is 9.20. The molecule has 2 aliphatic rings. The minimum Gasteiger partial charge on any atom is -0.468 e. The van der Waals surface area contributed by atoms with Crippen molar-refractivity contribution in [3.05, 3.63) is 60.1 Å². The van der Waals surface area contributed by atoms with Crippen molar-refractivity contribution in [1.29, 1.82) is 0 Å². The highest BCUT2D eigenvalue weighted by molar-refractivity contribution is 7.98. The van der Waals surface area contributed by atoms with Crippen LogP contribution in [-0.4, -0.2) is 51.7 Å². The van der Waals surface area contributed by atoms with Gasteiger partial charge in [-0.1, -0.05) is 42.1 Å². The van der Waals surface area contributed by atoms with E-state index in [9.17, 15) is 0 Å². The molecule has 8 nitrogen and oxygen atoms in total. The van der Waals surface area contributed by atoms with Gasteiger partial charge < -0.3 is 18.6 Å². The average Bonchev–Trinajstić information content (AvgIpc) is 3.50. The number of benzene rings is 1. The summed E-state index contributed by atoms with van der Waals surface area (Å²) in [5.74, 6) is 1.55. The zero-order valence-electron chi connectivity index (χ0n) is 15.1. The van der Waals surface area contributed by atoms with E-state index in [0.29, 0.717) is 25.6 Å². The number of rotatable bonds is 7. The molecule has 4 heterocycles. The van der Waals surface area contributed by atoms with E-state index in [0.717, 1.165) is 16.5 Å². The van der Waals surface area contributed by atoms with Gasteiger partial charge in [-0.2, -0.15) is 0 Å². The fourth-order valence-electron chi connectivity index (χ4n) is 3.59. The molecule has 28 heavy (non-hydrogen) atoms. The molecule has 0 spiro atoms. The first kappa shape index (κ1) is 17.9. The van der Waals surface area contributed by atoms with E-state index >= 15 is 0 Å². The summed E-state index contributed by atoms with van der Waals surface area (Å²) in [4.78, 5) is 0. The number of hydrogen-bond acceptors (Lipinski definition) is 8. The number of ether oxygens (including phenoxy) is 3. The number of hydrogen-bond donors (Lipinski definition) is 0. The van der Waals surface area contributed by atoms with Crippen LogP contribution in [0.4, 0.5) is 0 Å². The Kier molecular flexibility index (Phi) is 5.13. The Hall–Kier alpha value is -2.20. The summed E-state index contributed by atoms with van der Waals surface area (Å²) >= 11 is 1.53. The number of thioether (sulfide) groups is 1. The Morgan fingerprint density at radius 1 is 1.07 bits per heavy atom. The van der Waals surface area contributed by atoms with Crippen molar-refractivity contribution in [1.82, 2.24) is 20.2 Å². The second-order valence-electron chi connectivity index (χ2n) is 6.77. The van der Waals surface area contributed by atoms with Gasteiger partial charge in [-0.3, -0.25) is 0 Å². The smallest absolute Gasteiger partial charge is 0.210 e. The fraction of sp³-hybridized carbons (Fsp3) is 0.421. The molecule has 5 rings (SSSR count). The minimum absolute atomic E-state index is 0.0653. The normalized spacial score (nSPS) is 26.6. The second-order valence-corrected chi connectivity index (χ2v) is 7.71. The molecule has 0 saturated carbocycles. The highest BCUT2D eigenvalue weighted by Crippen LogP contribution is 2.37. The molecule has 4 atom stereocenters. The van der Waals surface area contributed by atoms with E-state index in [4.69, 9.17) is 18.6 Å². The van der Waals surface area contributed by atoms with Gasteiger partial charge in [-0.25, -0.2) is 4.68 Å². The Morgan fingerprint density at radius 2 is 1.96 bits per heavy atom. The van der Waals surface area contributed by atoms with E-state index in [1.54, 1.807) is 10.9 Å². The predicted octanol–water partition coefficient (Wildman–Crippen LogP) is 2.48. The fourth-order valence-corrected chi connectivity index (χ4v) is 4.43. The van der Waals surface area contributed by atoms with Crippen LogP contribution in [0.25, 0.3) is 0 Å². The van der Waals surface area contributed by atoms with Crippen LogP contribution in [0.2, 0.25) is 0 Å². The van der Waals surface area contributed by atoms with Gasteiger partial charge in [0.25, 0.3) is 0 Å². The molecule has 9 heteroatoms. The highest BCUT2D eigenvalue weighted by atomic mass is 32.2. The molecule has 0 unspecified atom stereocenters. The summed E-state index contributed by atoms with van der Waals surface area (Å²) in [7, 11) is 0. The standard InChI is InChI=1S/C19H20N4O4S/c1-2-5-13(6-3-1)9-25-16-11-27-17-15(10-26-18(16)17)23-19(20-21-22-23)28-12-14-7-4-8-24-14/h1-8,15-18H,9-12H2/t15-,16+,17+,18+/m0/s1. The molecular weight excluding hydrogens is 380 g/mol. The minimum atomic E-state index is -0.118. The third-order valence-electron chi connectivity index (χ3n) is 4.99. The molecule has 0 radical (unpaired) electrons. The zero-order chi connectivity index (χ0) is 18.8. The molecule has 1 aromatic carbocycles. The van der Waals surface area contributed by atoms with Crippen LogP contribution < -0.4 is 0 Å². The van der Waals surface area contributed by atoms with Gasteiger partial charge in [0.15, 0.2) is 0 Å². The molecule has 2 aromatic heterocycles. The number of fused-ring (bicyclic) bond motifs is 1. The maximum absolute atomic E-state index is 6.07. The Labute approximate surface area is 166 Å². The van der Waals surface area contributed by atoms with E-state index < -0.39 is 0 Å². The van der Waals surface area contributed by atoms with Gasteiger partial charge in [0.05, 0.1) is 31.8 Å².